The highest BCUT2D eigenvalue weighted by Crippen LogP contribution is 2.33. The lowest BCUT2D eigenvalue weighted by atomic mass is 9.82. The first-order valence-electron chi connectivity index (χ1n) is 10.0. The molecule has 0 spiro atoms. The fraction of sp³-hybridized carbons (Fsp3) is 0.409. The maximum Gasteiger partial charge on any atom is 0.243 e. The van der Waals surface area contributed by atoms with Gasteiger partial charge in [-0.1, -0.05) is 12.1 Å². The lowest BCUT2D eigenvalue weighted by Gasteiger charge is -2.38. The van der Waals surface area contributed by atoms with Crippen LogP contribution in [0.3, 0.4) is 0 Å². The first kappa shape index (κ1) is 22.2. The molecule has 3 rings (SSSR count). The molecule has 1 heterocycles. The number of benzene rings is 2. The third kappa shape index (κ3) is 4.99. The number of piperidine rings is 1. The summed E-state index contributed by atoms with van der Waals surface area (Å²) in [5.41, 5.74) is -0.203. The molecule has 0 aliphatic carbocycles. The number of hydrogen-bond acceptors (Lipinski definition) is 4. The minimum atomic E-state index is -3.72. The number of nitrogens with one attached hydrogen (secondary N) is 1. The Morgan fingerprint density at radius 2 is 1.97 bits per heavy atom. The highest BCUT2D eigenvalue weighted by molar-refractivity contribution is 7.89. The van der Waals surface area contributed by atoms with Gasteiger partial charge in [0.15, 0.2) is 0 Å². The Morgan fingerprint density at radius 1 is 1.23 bits per heavy atom. The van der Waals surface area contributed by atoms with Crippen LogP contribution in [-0.2, 0) is 21.4 Å². The number of carbonyl (C=O) groups is 1. The Hall–Kier alpha value is -2.45. The molecule has 2 aromatic rings. The molecular formula is C22H27FN2O4S. The molecule has 1 unspecified atom stereocenters. The number of rotatable bonds is 7. The van der Waals surface area contributed by atoms with Crippen LogP contribution in [0.15, 0.2) is 53.4 Å². The average Bonchev–Trinajstić information content (AvgIpc) is 2.73. The van der Waals surface area contributed by atoms with Crippen molar-refractivity contribution < 1.29 is 22.3 Å². The maximum atomic E-state index is 13.3. The lowest BCUT2D eigenvalue weighted by Crippen LogP contribution is -2.51. The van der Waals surface area contributed by atoms with E-state index < -0.39 is 15.4 Å². The summed E-state index contributed by atoms with van der Waals surface area (Å²) in [6.07, 6.45) is 1.16. The van der Waals surface area contributed by atoms with Crippen LogP contribution in [0.2, 0.25) is 0 Å². The Morgan fingerprint density at radius 3 is 2.63 bits per heavy atom. The predicted molar refractivity (Wildman–Crippen MR) is 112 cm³/mol. The van der Waals surface area contributed by atoms with E-state index in [1.54, 1.807) is 31.2 Å². The minimum Gasteiger partial charge on any atom is -0.494 e. The number of ether oxygens (including phenoxy) is 1. The topological polar surface area (TPSA) is 75.7 Å². The standard InChI is InChI=1S/C22H27FN2O4S/c1-3-29-19-8-10-20(11-9-19)30(27,28)25-13-5-12-22(2,16-25)21(26)24-15-17-6-4-7-18(23)14-17/h4,6-11,14H,3,5,12-13,15-16H2,1-2H3,(H,24,26). The molecule has 1 fully saturated rings. The number of amides is 1. The van der Waals surface area contributed by atoms with Crippen molar-refractivity contribution in [3.05, 3.63) is 59.9 Å². The second-order valence-electron chi connectivity index (χ2n) is 7.72. The number of carbonyl (C=O) groups excluding carboxylic acids is 1. The van der Waals surface area contributed by atoms with Crippen LogP contribution >= 0.6 is 0 Å². The van der Waals surface area contributed by atoms with Gasteiger partial charge >= 0.3 is 0 Å². The minimum absolute atomic E-state index is 0.0948. The normalized spacial score (nSPS) is 20.0. The summed E-state index contributed by atoms with van der Waals surface area (Å²) in [6.45, 7) is 4.78. The summed E-state index contributed by atoms with van der Waals surface area (Å²) in [4.78, 5) is 13.0. The zero-order chi connectivity index (χ0) is 21.8. The second-order valence-corrected chi connectivity index (χ2v) is 9.66. The molecule has 30 heavy (non-hydrogen) atoms. The molecule has 0 radical (unpaired) electrons. The van der Waals surface area contributed by atoms with Crippen molar-refractivity contribution in [3.8, 4) is 5.75 Å². The first-order valence-corrected chi connectivity index (χ1v) is 11.4. The van der Waals surface area contributed by atoms with Crippen molar-refractivity contribution >= 4 is 15.9 Å². The van der Waals surface area contributed by atoms with Gasteiger partial charge in [-0.25, -0.2) is 12.8 Å². The Labute approximate surface area is 177 Å². The van der Waals surface area contributed by atoms with Crippen molar-refractivity contribution in [2.75, 3.05) is 19.7 Å². The third-order valence-corrected chi connectivity index (χ3v) is 7.18. The number of nitrogens with zero attached hydrogens (tertiary/aromatic N) is 1. The van der Waals surface area contributed by atoms with Crippen LogP contribution in [0, 0.1) is 11.2 Å². The summed E-state index contributed by atoms with van der Waals surface area (Å²) in [6, 6.07) is 12.3. The van der Waals surface area contributed by atoms with Gasteiger partial charge < -0.3 is 10.1 Å². The molecular weight excluding hydrogens is 407 g/mol. The van der Waals surface area contributed by atoms with Crippen LogP contribution in [0.1, 0.15) is 32.3 Å². The van der Waals surface area contributed by atoms with E-state index in [0.29, 0.717) is 37.3 Å². The van der Waals surface area contributed by atoms with E-state index in [-0.39, 0.29) is 29.7 Å². The number of halogens is 1. The van der Waals surface area contributed by atoms with Gasteiger partial charge in [-0.05, 0) is 68.7 Å². The molecule has 1 atom stereocenters. The van der Waals surface area contributed by atoms with E-state index in [2.05, 4.69) is 5.32 Å². The monoisotopic (exact) mass is 434 g/mol. The van der Waals surface area contributed by atoms with Gasteiger partial charge in [0, 0.05) is 19.6 Å². The summed E-state index contributed by atoms with van der Waals surface area (Å²) in [5, 5.41) is 2.83. The average molecular weight is 435 g/mol. The zero-order valence-corrected chi connectivity index (χ0v) is 18.0. The smallest absolute Gasteiger partial charge is 0.243 e. The van der Waals surface area contributed by atoms with Crippen molar-refractivity contribution in [3.63, 3.8) is 0 Å². The largest absolute Gasteiger partial charge is 0.494 e. The predicted octanol–water partition coefficient (Wildman–Crippen LogP) is 3.33. The Bertz CT molecular complexity index is 994. The zero-order valence-electron chi connectivity index (χ0n) is 17.2. The summed E-state index contributed by atoms with van der Waals surface area (Å²) < 4.78 is 46.3. The second kappa shape index (κ2) is 9.14. The molecule has 162 valence electrons. The van der Waals surface area contributed by atoms with Gasteiger partial charge in [0.05, 0.1) is 16.9 Å². The number of hydrogen-bond donors (Lipinski definition) is 1. The molecule has 0 saturated carbocycles. The molecule has 1 saturated heterocycles. The summed E-state index contributed by atoms with van der Waals surface area (Å²) >= 11 is 0. The highest BCUT2D eigenvalue weighted by atomic mass is 32.2. The molecule has 1 N–H and O–H groups in total. The molecule has 1 aliphatic rings. The molecule has 2 aromatic carbocycles. The van der Waals surface area contributed by atoms with E-state index in [4.69, 9.17) is 4.74 Å². The van der Waals surface area contributed by atoms with Crippen molar-refractivity contribution in [1.29, 1.82) is 0 Å². The van der Waals surface area contributed by atoms with Gasteiger partial charge in [-0.2, -0.15) is 4.31 Å². The SMILES string of the molecule is CCOc1ccc(S(=O)(=O)N2CCCC(C)(C(=O)NCc3cccc(F)c3)C2)cc1. The van der Waals surface area contributed by atoms with Crippen LogP contribution in [0.25, 0.3) is 0 Å². The van der Waals surface area contributed by atoms with Crippen LogP contribution < -0.4 is 10.1 Å². The fourth-order valence-corrected chi connectivity index (χ4v) is 5.25. The van der Waals surface area contributed by atoms with Crippen molar-refractivity contribution in [2.24, 2.45) is 5.41 Å². The molecule has 6 nitrogen and oxygen atoms in total. The Balaban J connectivity index is 1.70. The first-order chi connectivity index (χ1) is 14.2. The van der Waals surface area contributed by atoms with Crippen LogP contribution in [-0.4, -0.2) is 38.3 Å². The lowest BCUT2D eigenvalue weighted by molar-refractivity contribution is -0.132. The van der Waals surface area contributed by atoms with Gasteiger partial charge in [0.2, 0.25) is 15.9 Å². The van der Waals surface area contributed by atoms with Crippen LogP contribution in [0.5, 0.6) is 5.75 Å². The molecule has 0 aromatic heterocycles. The van der Waals surface area contributed by atoms with E-state index in [9.17, 15) is 17.6 Å². The summed E-state index contributed by atoms with van der Waals surface area (Å²) in [7, 11) is -3.72. The van der Waals surface area contributed by atoms with E-state index in [1.165, 1.54) is 28.6 Å². The molecule has 1 amide bonds. The van der Waals surface area contributed by atoms with E-state index in [1.807, 2.05) is 6.92 Å². The highest BCUT2D eigenvalue weighted by Gasteiger charge is 2.41. The van der Waals surface area contributed by atoms with Gasteiger partial charge in [-0.15, -0.1) is 0 Å². The number of sulfonamides is 1. The maximum absolute atomic E-state index is 13.3. The van der Waals surface area contributed by atoms with E-state index in [0.717, 1.165) is 0 Å². The van der Waals surface area contributed by atoms with Gasteiger partial charge in [0.1, 0.15) is 11.6 Å². The molecule has 8 heteroatoms. The summed E-state index contributed by atoms with van der Waals surface area (Å²) in [5.74, 6) is 0.00765. The quantitative estimate of drug-likeness (QED) is 0.725. The fourth-order valence-electron chi connectivity index (χ4n) is 3.65. The van der Waals surface area contributed by atoms with Gasteiger partial charge in [0.25, 0.3) is 0 Å². The Kier molecular flexibility index (Phi) is 6.77. The van der Waals surface area contributed by atoms with Crippen LogP contribution in [0.4, 0.5) is 4.39 Å². The molecule has 1 aliphatic heterocycles. The van der Waals surface area contributed by atoms with Gasteiger partial charge in [-0.3, -0.25) is 4.79 Å². The third-order valence-electron chi connectivity index (χ3n) is 5.32. The van der Waals surface area contributed by atoms with Crippen molar-refractivity contribution in [2.45, 2.75) is 38.1 Å². The molecule has 0 bridgehead atoms. The van der Waals surface area contributed by atoms with Crippen molar-refractivity contribution in [1.82, 2.24) is 9.62 Å². The van der Waals surface area contributed by atoms with E-state index >= 15 is 0 Å².